The minimum atomic E-state index is -0.273. The Morgan fingerprint density at radius 1 is 0.871 bits per heavy atom. The van der Waals surface area contributed by atoms with Crippen LogP contribution in [0, 0.1) is 0 Å². The molecular formula is C25H27N3O3. The Balaban J connectivity index is 1.24. The van der Waals surface area contributed by atoms with Crippen LogP contribution in [0.5, 0.6) is 11.5 Å². The summed E-state index contributed by atoms with van der Waals surface area (Å²) in [5.41, 5.74) is 3.22. The third-order valence-corrected chi connectivity index (χ3v) is 5.36. The quantitative estimate of drug-likeness (QED) is 0.613. The summed E-state index contributed by atoms with van der Waals surface area (Å²) >= 11 is 0. The minimum absolute atomic E-state index is 0.0171. The first-order valence-corrected chi connectivity index (χ1v) is 10.5. The molecule has 1 aliphatic rings. The molecule has 160 valence electrons. The van der Waals surface area contributed by atoms with Gasteiger partial charge < -0.3 is 20.1 Å². The van der Waals surface area contributed by atoms with Crippen molar-refractivity contribution in [1.82, 2.24) is 4.90 Å². The van der Waals surface area contributed by atoms with Gasteiger partial charge in [-0.1, -0.05) is 42.5 Å². The molecule has 0 atom stereocenters. The third kappa shape index (κ3) is 5.77. The van der Waals surface area contributed by atoms with Gasteiger partial charge in [0.25, 0.3) is 5.91 Å². The number of amides is 1. The molecule has 0 radical (unpaired) electrons. The highest BCUT2D eigenvalue weighted by Crippen LogP contribution is 2.24. The zero-order chi connectivity index (χ0) is 21.5. The molecule has 1 saturated heterocycles. The normalized spacial score (nSPS) is 14.3. The highest BCUT2D eigenvalue weighted by molar-refractivity contribution is 5.92. The van der Waals surface area contributed by atoms with Crippen molar-refractivity contribution in [2.45, 2.75) is 6.54 Å². The minimum Gasteiger partial charge on any atom is -0.504 e. The van der Waals surface area contributed by atoms with Crippen LogP contribution in [0.1, 0.15) is 5.56 Å². The van der Waals surface area contributed by atoms with Gasteiger partial charge in [0.05, 0.1) is 0 Å². The molecule has 1 aliphatic heterocycles. The van der Waals surface area contributed by atoms with Crippen LogP contribution in [-0.2, 0) is 11.3 Å². The molecule has 0 aromatic heterocycles. The van der Waals surface area contributed by atoms with Crippen LogP contribution in [0.3, 0.4) is 0 Å². The Hall–Kier alpha value is -3.51. The molecule has 31 heavy (non-hydrogen) atoms. The lowest BCUT2D eigenvalue weighted by molar-refractivity contribution is -0.118. The number of ether oxygens (including phenoxy) is 1. The Morgan fingerprint density at radius 2 is 1.55 bits per heavy atom. The van der Waals surface area contributed by atoms with E-state index >= 15 is 0 Å². The number of aromatic hydroxyl groups is 1. The van der Waals surface area contributed by atoms with Crippen molar-refractivity contribution in [2.75, 3.05) is 43.0 Å². The second kappa shape index (κ2) is 10.00. The summed E-state index contributed by atoms with van der Waals surface area (Å²) in [5.74, 6) is 0.0356. The van der Waals surface area contributed by atoms with Crippen molar-refractivity contribution in [3.8, 4) is 11.5 Å². The van der Waals surface area contributed by atoms with E-state index < -0.39 is 0 Å². The van der Waals surface area contributed by atoms with Crippen molar-refractivity contribution in [1.29, 1.82) is 0 Å². The van der Waals surface area contributed by atoms with Crippen LogP contribution in [-0.4, -0.2) is 48.7 Å². The van der Waals surface area contributed by atoms with Gasteiger partial charge in [-0.15, -0.1) is 0 Å². The van der Waals surface area contributed by atoms with Gasteiger partial charge in [-0.05, 0) is 42.0 Å². The zero-order valence-corrected chi connectivity index (χ0v) is 17.4. The molecule has 0 saturated carbocycles. The van der Waals surface area contributed by atoms with Crippen LogP contribution in [0.15, 0.2) is 78.9 Å². The van der Waals surface area contributed by atoms with E-state index in [-0.39, 0.29) is 18.3 Å². The second-order valence-corrected chi connectivity index (χ2v) is 7.60. The number of nitrogens with one attached hydrogen (secondary N) is 1. The van der Waals surface area contributed by atoms with Crippen molar-refractivity contribution in [2.24, 2.45) is 0 Å². The number of carbonyl (C=O) groups is 1. The fraction of sp³-hybridized carbons (Fsp3) is 0.240. The summed E-state index contributed by atoms with van der Waals surface area (Å²) in [5, 5.41) is 12.5. The van der Waals surface area contributed by atoms with Gasteiger partial charge in [0.15, 0.2) is 18.1 Å². The average molecular weight is 418 g/mol. The maximum absolute atomic E-state index is 12.1. The molecule has 1 heterocycles. The number of nitrogens with zero attached hydrogens (tertiary/aromatic N) is 2. The third-order valence-electron chi connectivity index (χ3n) is 5.36. The summed E-state index contributed by atoms with van der Waals surface area (Å²) < 4.78 is 5.37. The van der Waals surface area contributed by atoms with E-state index in [2.05, 4.69) is 45.4 Å². The van der Waals surface area contributed by atoms with Crippen molar-refractivity contribution in [3.05, 3.63) is 84.4 Å². The summed E-state index contributed by atoms with van der Waals surface area (Å²) in [4.78, 5) is 17.0. The molecule has 2 N–H and O–H groups in total. The Kier molecular flexibility index (Phi) is 6.69. The van der Waals surface area contributed by atoms with Crippen LogP contribution in [0.25, 0.3) is 0 Å². The number of rotatable bonds is 7. The van der Waals surface area contributed by atoms with E-state index in [0.29, 0.717) is 5.75 Å². The molecule has 4 rings (SSSR count). The highest BCUT2D eigenvalue weighted by atomic mass is 16.5. The fourth-order valence-electron chi connectivity index (χ4n) is 3.68. The molecule has 3 aromatic carbocycles. The van der Waals surface area contributed by atoms with Crippen LogP contribution < -0.4 is 15.0 Å². The van der Waals surface area contributed by atoms with E-state index in [1.807, 2.05) is 24.3 Å². The summed E-state index contributed by atoms with van der Waals surface area (Å²) in [7, 11) is 0. The number of phenols is 1. The van der Waals surface area contributed by atoms with Crippen LogP contribution >= 0.6 is 0 Å². The lowest BCUT2D eigenvalue weighted by Crippen LogP contribution is -2.45. The van der Waals surface area contributed by atoms with Crippen molar-refractivity contribution < 1.29 is 14.6 Å². The van der Waals surface area contributed by atoms with Gasteiger partial charge in [-0.3, -0.25) is 9.69 Å². The number of para-hydroxylation sites is 2. The van der Waals surface area contributed by atoms with E-state index in [4.69, 9.17) is 4.74 Å². The second-order valence-electron chi connectivity index (χ2n) is 7.60. The predicted octanol–water partition coefficient (Wildman–Crippen LogP) is 3.73. The number of hydrogen-bond donors (Lipinski definition) is 2. The lowest BCUT2D eigenvalue weighted by atomic mass is 10.2. The number of carbonyl (C=O) groups excluding carboxylic acids is 1. The molecule has 6 nitrogen and oxygen atoms in total. The average Bonchev–Trinajstić information content (AvgIpc) is 2.80. The molecule has 0 spiro atoms. The van der Waals surface area contributed by atoms with Crippen LogP contribution in [0.4, 0.5) is 11.4 Å². The summed E-state index contributed by atoms with van der Waals surface area (Å²) in [6, 6.07) is 25.0. The molecular weight excluding hydrogens is 390 g/mol. The topological polar surface area (TPSA) is 65.0 Å². The molecule has 6 heteroatoms. The maximum Gasteiger partial charge on any atom is 0.262 e. The standard InChI is InChI=1S/C25H27N3O3/c29-23-8-4-5-9-24(23)31-19-25(30)26-21-10-12-22(13-11-21)28-16-14-27(15-17-28)18-20-6-2-1-3-7-20/h1-13,29H,14-19H2,(H,26,30). The van der Waals surface area contributed by atoms with Gasteiger partial charge >= 0.3 is 0 Å². The number of hydrogen-bond acceptors (Lipinski definition) is 5. The molecule has 0 aliphatic carbocycles. The molecule has 3 aromatic rings. The smallest absolute Gasteiger partial charge is 0.262 e. The fourth-order valence-corrected chi connectivity index (χ4v) is 3.68. The lowest BCUT2D eigenvalue weighted by Gasteiger charge is -2.36. The van der Waals surface area contributed by atoms with Crippen molar-refractivity contribution >= 4 is 17.3 Å². The van der Waals surface area contributed by atoms with E-state index in [0.717, 1.165) is 44.1 Å². The number of benzene rings is 3. The van der Waals surface area contributed by atoms with Gasteiger partial charge in [-0.2, -0.15) is 0 Å². The first-order valence-electron chi connectivity index (χ1n) is 10.5. The van der Waals surface area contributed by atoms with E-state index in [9.17, 15) is 9.90 Å². The number of piperazine rings is 1. The Bertz CT molecular complexity index is 984. The Morgan fingerprint density at radius 3 is 2.26 bits per heavy atom. The maximum atomic E-state index is 12.1. The van der Waals surface area contributed by atoms with Gasteiger partial charge in [0, 0.05) is 44.1 Å². The zero-order valence-electron chi connectivity index (χ0n) is 17.4. The van der Waals surface area contributed by atoms with Gasteiger partial charge in [0.2, 0.25) is 0 Å². The molecule has 1 fully saturated rings. The Labute approximate surface area is 182 Å². The number of anilines is 2. The van der Waals surface area contributed by atoms with Crippen molar-refractivity contribution in [3.63, 3.8) is 0 Å². The first kappa shape index (κ1) is 20.8. The first-order chi connectivity index (χ1) is 15.2. The molecule has 0 bridgehead atoms. The predicted molar refractivity (Wildman–Crippen MR) is 123 cm³/mol. The van der Waals surface area contributed by atoms with Crippen LogP contribution in [0.2, 0.25) is 0 Å². The molecule has 1 amide bonds. The SMILES string of the molecule is O=C(COc1ccccc1O)Nc1ccc(N2CCN(Cc3ccccc3)CC2)cc1. The van der Waals surface area contributed by atoms with E-state index in [1.165, 1.54) is 11.6 Å². The van der Waals surface area contributed by atoms with E-state index in [1.54, 1.807) is 18.2 Å². The summed E-state index contributed by atoms with van der Waals surface area (Å²) in [6.45, 7) is 4.83. The van der Waals surface area contributed by atoms with Gasteiger partial charge in [-0.25, -0.2) is 0 Å². The highest BCUT2D eigenvalue weighted by Gasteiger charge is 2.17. The summed E-state index contributed by atoms with van der Waals surface area (Å²) in [6.07, 6.45) is 0. The molecule has 0 unspecified atom stereocenters. The van der Waals surface area contributed by atoms with Gasteiger partial charge in [0.1, 0.15) is 0 Å². The largest absolute Gasteiger partial charge is 0.504 e. The monoisotopic (exact) mass is 417 g/mol. The number of phenolic OH excluding ortho intramolecular Hbond substituents is 1.